The molecule has 1 amide bonds. The van der Waals surface area contributed by atoms with E-state index in [1.165, 1.54) is 0 Å². The van der Waals surface area contributed by atoms with E-state index in [0.29, 0.717) is 6.61 Å². The van der Waals surface area contributed by atoms with E-state index < -0.39 is 0 Å². The molecule has 0 aliphatic rings. The summed E-state index contributed by atoms with van der Waals surface area (Å²) in [4.78, 5) is 10.6. The Hall–Kier alpha value is -1.55. The van der Waals surface area contributed by atoms with Gasteiger partial charge in [-0.2, -0.15) is 0 Å². The van der Waals surface area contributed by atoms with Gasteiger partial charge in [0.2, 0.25) is 5.91 Å². The van der Waals surface area contributed by atoms with Gasteiger partial charge in [0.1, 0.15) is 5.75 Å². The van der Waals surface area contributed by atoms with Gasteiger partial charge in [0, 0.05) is 12.1 Å². The van der Waals surface area contributed by atoms with Crippen LogP contribution in [0, 0.1) is 6.92 Å². The van der Waals surface area contributed by atoms with Gasteiger partial charge in [0.15, 0.2) is 0 Å². The van der Waals surface area contributed by atoms with Crippen molar-refractivity contribution in [1.82, 2.24) is 5.32 Å². The van der Waals surface area contributed by atoms with Crippen LogP contribution in [0.3, 0.4) is 0 Å². The first-order valence-electron chi connectivity index (χ1n) is 5.29. The number of hydrogen-bond acceptors (Lipinski definition) is 3. The number of carbonyl (C=O) groups excluding carboxylic acids is 1. The number of nitrogens with one attached hydrogen (secondary N) is 1. The van der Waals surface area contributed by atoms with Crippen LogP contribution in [0.1, 0.15) is 17.5 Å². The molecule has 0 saturated carbocycles. The Bertz CT molecular complexity index is 364. The smallest absolute Gasteiger partial charge is 0.220 e. The number of ether oxygens (including phenoxy) is 1. The van der Waals surface area contributed by atoms with Crippen molar-refractivity contribution in [3.63, 3.8) is 0 Å². The molecule has 1 aromatic carbocycles. The Morgan fingerprint density at radius 2 is 2.25 bits per heavy atom. The third kappa shape index (κ3) is 3.55. The van der Waals surface area contributed by atoms with Crippen LogP contribution >= 0.6 is 0 Å². The zero-order valence-corrected chi connectivity index (χ0v) is 9.75. The van der Waals surface area contributed by atoms with Crippen LogP contribution in [0.2, 0.25) is 0 Å². The SMILES string of the molecule is CNCc1cccc(C)c1OCCC(N)=O. The fourth-order valence-corrected chi connectivity index (χ4v) is 1.50. The largest absolute Gasteiger partial charge is 0.492 e. The number of amides is 1. The number of carbonyl (C=O) groups is 1. The summed E-state index contributed by atoms with van der Waals surface area (Å²) >= 11 is 0. The molecule has 0 fully saturated rings. The quantitative estimate of drug-likeness (QED) is 0.753. The van der Waals surface area contributed by atoms with Gasteiger partial charge in [-0.15, -0.1) is 0 Å². The lowest BCUT2D eigenvalue weighted by atomic mass is 10.1. The zero-order chi connectivity index (χ0) is 12.0. The van der Waals surface area contributed by atoms with Crippen molar-refractivity contribution in [1.29, 1.82) is 0 Å². The Morgan fingerprint density at radius 1 is 1.50 bits per heavy atom. The average molecular weight is 222 g/mol. The Labute approximate surface area is 95.8 Å². The highest BCUT2D eigenvalue weighted by Gasteiger charge is 2.06. The van der Waals surface area contributed by atoms with Gasteiger partial charge < -0.3 is 15.8 Å². The van der Waals surface area contributed by atoms with E-state index in [2.05, 4.69) is 5.32 Å². The van der Waals surface area contributed by atoms with Gasteiger partial charge in [0.05, 0.1) is 13.0 Å². The second kappa shape index (κ2) is 6.12. The number of primary amides is 1. The van der Waals surface area contributed by atoms with Crippen molar-refractivity contribution in [3.05, 3.63) is 29.3 Å². The number of hydrogen-bond donors (Lipinski definition) is 2. The number of aryl methyl sites for hydroxylation is 1. The van der Waals surface area contributed by atoms with Gasteiger partial charge in [-0.25, -0.2) is 0 Å². The van der Waals surface area contributed by atoms with Gasteiger partial charge in [-0.3, -0.25) is 4.79 Å². The third-order valence-corrected chi connectivity index (χ3v) is 2.26. The molecule has 0 aliphatic carbocycles. The Balaban J connectivity index is 2.71. The summed E-state index contributed by atoms with van der Waals surface area (Å²) in [6.45, 7) is 3.06. The Kier molecular flexibility index (Phi) is 4.79. The van der Waals surface area contributed by atoms with Gasteiger partial charge in [-0.05, 0) is 19.5 Å². The number of rotatable bonds is 6. The molecule has 1 rings (SSSR count). The van der Waals surface area contributed by atoms with Crippen LogP contribution in [0.5, 0.6) is 5.75 Å². The summed E-state index contributed by atoms with van der Waals surface area (Å²) in [5, 5.41) is 3.08. The second-order valence-electron chi connectivity index (χ2n) is 3.66. The topological polar surface area (TPSA) is 64.3 Å². The minimum atomic E-state index is -0.344. The molecule has 88 valence electrons. The van der Waals surface area contributed by atoms with Gasteiger partial charge >= 0.3 is 0 Å². The third-order valence-electron chi connectivity index (χ3n) is 2.26. The summed E-state index contributed by atoms with van der Waals surface area (Å²) in [6.07, 6.45) is 0.243. The fraction of sp³-hybridized carbons (Fsp3) is 0.417. The summed E-state index contributed by atoms with van der Waals surface area (Å²) in [7, 11) is 1.88. The lowest BCUT2D eigenvalue weighted by Gasteiger charge is -2.13. The predicted octanol–water partition coefficient (Wildman–Crippen LogP) is 0.969. The van der Waals surface area contributed by atoms with E-state index in [0.717, 1.165) is 23.4 Å². The van der Waals surface area contributed by atoms with Crippen LogP contribution in [0.15, 0.2) is 18.2 Å². The van der Waals surface area contributed by atoms with Crippen molar-refractivity contribution in [3.8, 4) is 5.75 Å². The second-order valence-corrected chi connectivity index (χ2v) is 3.66. The van der Waals surface area contributed by atoms with Crippen molar-refractivity contribution >= 4 is 5.91 Å². The molecule has 0 bridgehead atoms. The molecule has 4 heteroatoms. The van der Waals surface area contributed by atoms with Crippen molar-refractivity contribution in [2.24, 2.45) is 5.73 Å². The minimum Gasteiger partial charge on any atom is -0.492 e. The number of benzene rings is 1. The first kappa shape index (κ1) is 12.5. The highest BCUT2D eigenvalue weighted by atomic mass is 16.5. The molecule has 1 aromatic rings. The monoisotopic (exact) mass is 222 g/mol. The van der Waals surface area contributed by atoms with Crippen LogP contribution in [-0.2, 0) is 11.3 Å². The molecule has 0 heterocycles. The van der Waals surface area contributed by atoms with Crippen molar-refractivity contribution < 1.29 is 9.53 Å². The van der Waals surface area contributed by atoms with Gasteiger partial charge in [-0.1, -0.05) is 18.2 Å². The first-order valence-corrected chi connectivity index (χ1v) is 5.29. The van der Waals surface area contributed by atoms with Crippen molar-refractivity contribution in [2.75, 3.05) is 13.7 Å². The molecule has 0 radical (unpaired) electrons. The predicted molar refractivity (Wildman–Crippen MR) is 63.2 cm³/mol. The normalized spacial score (nSPS) is 10.1. The molecule has 0 unspecified atom stereocenters. The highest BCUT2D eigenvalue weighted by molar-refractivity contribution is 5.73. The van der Waals surface area contributed by atoms with Gasteiger partial charge in [0.25, 0.3) is 0 Å². The maximum absolute atomic E-state index is 10.6. The Morgan fingerprint density at radius 3 is 2.88 bits per heavy atom. The summed E-state index contributed by atoms with van der Waals surface area (Å²) in [5.74, 6) is 0.502. The fourth-order valence-electron chi connectivity index (χ4n) is 1.50. The van der Waals surface area contributed by atoms with Crippen LogP contribution in [-0.4, -0.2) is 19.6 Å². The molecule has 0 spiro atoms. The molecule has 3 N–H and O–H groups in total. The van der Waals surface area contributed by atoms with E-state index in [9.17, 15) is 4.79 Å². The summed E-state index contributed by atoms with van der Waals surface area (Å²) in [5.41, 5.74) is 7.22. The maximum atomic E-state index is 10.6. The molecular weight excluding hydrogens is 204 g/mol. The average Bonchev–Trinajstić information content (AvgIpc) is 2.22. The van der Waals surface area contributed by atoms with Crippen LogP contribution < -0.4 is 15.8 Å². The van der Waals surface area contributed by atoms with E-state index in [4.69, 9.17) is 10.5 Å². The van der Waals surface area contributed by atoms with Crippen LogP contribution in [0.25, 0.3) is 0 Å². The van der Waals surface area contributed by atoms with Crippen molar-refractivity contribution in [2.45, 2.75) is 19.9 Å². The van der Waals surface area contributed by atoms with E-state index in [-0.39, 0.29) is 12.3 Å². The number of para-hydroxylation sites is 1. The van der Waals surface area contributed by atoms with E-state index in [1.54, 1.807) is 0 Å². The summed E-state index contributed by atoms with van der Waals surface area (Å²) < 4.78 is 5.59. The molecule has 0 aromatic heterocycles. The van der Waals surface area contributed by atoms with Crippen LogP contribution in [0.4, 0.5) is 0 Å². The maximum Gasteiger partial charge on any atom is 0.220 e. The molecular formula is C12H18N2O2. The summed E-state index contributed by atoms with van der Waals surface area (Å²) in [6, 6.07) is 5.98. The standard InChI is InChI=1S/C12H18N2O2/c1-9-4-3-5-10(8-14-2)12(9)16-7-6-11(13)15/h3-5,14H,6-8H2,1-2H3,(H2,13,15). The number of nitrogens with two attached hydrogens (primary N) is 1. The van der Waals surface area contributed by atoms with E-state index >= 15 is 0 Å². The van der Waals surface area contributed by atoms with E-state index in [1.807, 2.05) is 32.2 Å². The first-order chi connectivity index (χ1) is 7.65. The minimum absolute atomic E-state index is 0.243. The molecule has 0 atom stereocenters. The molecule has 0 saturated heterocycles. The lowest BCUT2D eigenvalue weighted by Crippen LogP contribution is -2.16. The lowest BCUT2D eigenvalue weighted by molar-refractivity contribution is -0.118. The molecule has 4 nitrogen and oxygen atoms in total. The zero-order valence-electron chi connectivity index (χ0n) is 9.75. The molecule has 16 heavy (non-hydrogen) atoms. The highest BCUT2D eigenvalue weighted by Crippen LogP contribution is 2.23. The molecule has 0 aliphatic heterocycles.